The quantitative estimate of drug-likeness (QED) is 0.178. The lowest BCUT2D eigenvalue weighted by Gasteiger charge is -2.20. The van der Waals surface area contributed by atoms with Crippen LogP contribution in [-0.4, -0.2) is 12.3 Å². The third-order valence-electron chi connectivity index (χ3n) is 10.7. The molecule has 1 aliphatic carbocycles. The summed E-state index contributed by atoms with van der Waals surface area (Å²) in [4.78, 5) is 0. The zero-order valence-corrected chi connectivity index (χ0v) is 28.5. The topological polar surface area (TPSA) is 35.9 Å². The van der Waals surface area contributed by atoms with Gasteiger partial charge >= 0.3 is 0 Å². The Morgan fingerprint density at radius 1 is 0.500 bits per heavy atom. The zero-order valence-electron chi connectivity index (χ0n) is 28.5. The van der Waals surface area contributed by atoms with Crippen molar-refractivity contribution in [2.45, 2.75) is 0 Å². The number of hydrogen-bond acceptors (Lipinski definition) is 2. The SMILES string of the molecule is N=C(/C=c1/cccc/c1=C\c1ccc2c3c(cccc13)-c1c-2c(-c2ccccc2)c2ccccc2c1-c1ccccc1)C1=c2ccccc2=CCN1. The second-order valence-corrected chi connectivity index (χ2v) is 13.6. The molecule has 0 atom stereocenters. The average Bonchev–Trinajstić information content (AvgIpc) is 3.53. The molecule has 0 amide bonds. The standard InChI is InChI=1S/C50H34N2/c51-44(50-39-21-10-9-14-32(39)28-29-52-50)31-36-20-8-7-19-35(36)30-37-26-27-43-47-38(37)24-13-25-42(47)48-45(33-15-3-1-4-16-33)40-22-11-12-23-41(40)46(49(43)48)34-17-5-2-6-18-34/h1-28,30-31,51-52H,29H2/b35-30+,36-31-,51-44?. The molecule has 0 bridgehead atoms. The van der Waals surface area contributed by atoms with Gasteiger partial charge in [-0.3, -0.25) is 5.41 Å². The van der Waals surface area contributed by atoms with Crippen molar-refractivity contribution in [3.8, 4) is 44.5 Å². The maximum atomic E-state index is 9.16. The molecule has 0 spiro atoms. The molecule has 0 aromatic heterocycles. The van der Waals surface area contributed by atoms with Crippen LogP contribution in [0.3, 0.4) is 0 Å². The second kappa shape index (κ2) is 12.2. The number of hydrogen-bond donors (Lipinski definition) is 2. The summed E-state index contributed by atoms with van der Waals surface area (Å²) in [7, 11) is 0. The molecule has 8 aromatic carbocycles. The molecule has 2 aliphatic rings. The van der Waals surface area contributed by atoms with Gasteiger partial charge in [0.1, 0.15) is 0 Å². The Kier molecular flexibility index (Phi) is 7.07. The fourth-order valence-electron chi connectivity index (χ4n) is 8.43. The van der Waals surface area contributed by atoms with E-state index in [4.69, 9.17) is 5.41 Å². The minimum absolute atomic E-state index is 0.478. The maximum absolute atomic E-state index is 9.16. The zero-order chi connectivity index (χ0) is 34.6. The summed E-state index contributed by atoms with van der Waals surface area (Å²) in [5.41, 5.74) is 12.7. The van der Waals surface area contributed by atoms with E-state index in [0.29, 0.717) is 12.3 Å². The van der Waals surface area contributed by atoms with Crippen molar-refractivity contribution in [2.75, 3.05) is 6.54 Å². The van der Waals surface area contributed by atoms with E-state index in [9.17, 15) is 0 Å². The predicted molar refractivity (Wildman–Crippen MR) is 220 cm³/mol. The van der Waals surface area contributed by atoms with Crippen LogP contribution in [0.15, 0.2) is 164 Å². The first kappa shape index (κ1) is 30.1. The van der Waals surface area contributed by atoms with E-state index < -0.39 is 0 Å². The number of nitrogens with one attached hydrogen (secondary N) is 2. The Morgan fingerprint density at radius 2 is 1.08 bits per heavy atom. The van der Waals surface area contributed by atoms with Gasteiger partial charge in [0.2, 0.25) is 0 Å². The Hall–Kier alpha value is -6.77. The van der Waals surface area contributed by atoms with Crippen LogP contribution in [0.4, 0.5) is 0 Å². The van der Waals surface area contributed by atoms with E-state index in [1.165, 1.54) is 71.3 Å². The molecule has 10 rings (SSSR count). The molecule has 0 unspecified atom stereocenters. The summed E-state index contributed by atoms with van der Waals surface area (Å²) in [6.45, 7) is 0.715. The molecule has 244 valence electrons. The summed E-state index contributed by atoms with van der Waals surface area (Å²) >= 11 is 0. The first-order chi connectivity index (χ1) is 25.7. The monoisotopic (exact) mass is 662 g/mol. The molecule has 1 aliphatic heterocycles. The van der Waals surface area contributed by atoms with Crippen LogP contribution in [-0.2, 0) is 0 Å². The van der Waals surface area contributed by atoms with Gasteiger partial charge in [0.05, 0.1) is 11.4 Å². The smallest absolute Gasteiger partial charge is 0.0783 e. The predicted octanol–water partition coefficient (Wildman–Crippen LogP) is 8.80. The van der Waals surface area contributed by atoms with Crippen LogP contribution in [0.2, 0.25) is 0 Å². The molecule has 8 aromatic rings. The lowest BCUT2D eigenvalue weighted by molar-refractivity contribution is 1.03. The third kappa shape index (κ3) is 4.76. The minimum Gasteiger partial charge on any atom is -0.379 e. The van der Waals surface area contributed by atoms with Gasteiger partial charge in [0, 0.05) is 11.8 Å². The van der Waals surface area contributed by atoms with Crippen LogP contribution < -0.4 is 26.2 Å². The highest BCUT2D eigenvalue weighted by Gasteiger charge is 2.30. The highest BCUT2D eigenvalue weighted by Crippen LogP contribution is 2.57. The molecule has 2 N–H and O–H groups in total. The van der Waals surface area contributed by atoms with Crippen molar-refractivity contribution < 1.29 is 0 Å². The van der Waals surface area contributed by atoms with E-state index in [0.717, 1.165) is 26.9 Å². The van der Waals surface area contributed by atoms with Crippen LogP contribution in [0.25, 0.3) is 90.0 Å². The van der Waals surface area contributed by atoms with E-state index in [2.05, 4.69) is 175 Å². The van der Waals surface area contributed by atoms with E-state index in [1.807, 2.05) is 12.1 Å². The summed E-state index contributed by atoms with van der Waals surface area (Å²) in [5.74, 6) is 0. The van der Waals surface area contributed by atoms with Gasteiger partial charge in [-0.25, -0.2) is 0 Å². The lowest BCUT2D eigenvalue weighted by atomic mass is 9.82. The van der Waals surface area contributed by atoms with Crippen LogP contribution >= 0.6 is 0 Å². The van der Waals surface area contributed by atoms with Gasteiger partial charge in [-0.15, -0.1) is 0 Å². The van der Waals surface area contributed by atoms with E-state index in [-0.39, 0.29) is 0 Å². The second-order valence-electron chi connectivity index (χ2n) is 13.6. The van der Waals surface area contributed by atoms with Gasteiger partial charge in [0.25, 0.3) is 0 Å². The largest absolute Gasteiger partial charge is 0.379 e. The van der Waals surface area contributed by atoms with Gasteiger partial charge < -0.3 is 5.32 Å². The minimum atomic E-state index is 0.478. The lowest BCUT2D eigenvalue weighted by Crippen LogP contribution is -2.40. The third-order valence-corrected chi connectivity index (χ3v) is 10.7. The highest BCUT2D eigenvalue weighted by molar-refractivity contribution is 6.32. The number of rotatable bonds is 5. The van der Waals surface area contributed by atoms with Gasteiger partial charge in [0.15, 0.2) is 0 Å². The molecular weight excluding hydrogens is 629 g/mol. The Labute approximate surface area is 302 Å². The molecule has 0 fully saturated rings. The first-order valence-corrected chi connectivity index (χ1v) is 17.9. The molecule has 1 heterocycles. The van der Waals surface area contributed by atoms with Crippen molar-refractivity contribution in [2.24, 2.45) is 0 Å². The van der Waals surface area contributed by atoms with E-state index in [1.54, 1.807) is 0 Å². The van der Waals surface area contributed by atoms with Crippen molar-refractivity contribution in [1.82, 2.24) is 5.32 Å². The molecular formula is C50H34N2. The van der Waals surface area contributed by atoms with E-state index >= 15 is 0 Å². The number of fused-ring (bicyclic) bond motifs is 5. The normalized spacial score (nSPS) is 13.5. The van der Waals surface area contributed by atoms with Crippen molar-refractivity contribution in [3.63, 3.8) is 0 Å². The van der Waals surface area contributed by atoms with Crippen LogP contribution in [0.1, 0.15) is 5.56 Å². The fraction of sp³-hybridized carbons (Fsp3) is 0.0200. The maximum Gasteiger partial charge on any atom is 0.0783 e. The Balaban J connectivity index is 1.23. The molecule has 52 heavy (non-hydrogen) atoms. The fourth-order valence-corrected chi connectivity index (χ4v) is 8.43. The summed E-state index contributed by atoms with van der Waals surface area (Å²) < 4.78 is 0. The van der Waals surface area contributed by atoms with Crippen LogP contribution in [0, 0.1) is 5.41 Å². The van der Waals surface area contributed by atoms with Crippen molar-refractivity contribution >= 4 is 51.2 Å². The molecule has 0 saturated carbocycles. The van der Waals surface area contributed by atoms with Gasteiger partial charge in [-0.2, -0.15) is 0 Å². The van der Waals surface area contributed by atoms with Gasteiger partial charge in [-0.05, 0) is 99.4 Å². The molecule has 0 radical (unpaired) electrons. The Morgan fingerprint density at radius 3 is 1.79 bits per heavy atom. The van der Waals surface area contributed by atoms with Gasteiger partial charge in [-0.1, -0.05) is 170 Å². The van der Waals surface area contributed by atoms with Crippen LogP contribution in [0.5, 0.6) is 0 Å². The summed E-state index contributed by atoms with van der Waals surface area (Å²) in [6.07, 6.45) is 6.46. The molecule has 2 heteroatoms. The first-order valence-electron chi connectivity index (χ1n) is 17.9. The summed E-state index contributed by atoms with van der Waals surface area (Å²) in [5, 5.41) is 22.0. The van der Waals surface area contributed by atoms with Crippen molar-refractivity contribution in [3.05, 3.63) is 190 Å². The average molecular weight is 663 g/mol. The number of benzene rings is 8. The van der Waals surface area contributed by atoms with Crippen molar-refractivity contribution in [1.29, 1.82) is 5.41 Å². The molecule has 0 saturated heterocycles. The highest BCUT2D eigenvalue weighted by atomic mass is 14.9. The molecule has 2 nitrogen and oxygen atoms in total. The summed E-state index contributed by atoms with van der Waals surface area (Å²) in [6, 6.07) is 58.8. The Bertz CT molecular complexity index is 2920.